The third-order valence-electron chi connectivity index (χ3n) is 3.90. The maximum absolute atomic E-state index is 12.3. The molecule has 0 aliphatic rings. The lowest BCUT2D eigenvalue weighted by Crippen LogP contribution is -2.48. The van der Waals surface area contributed by atoms with Crippen LogP contribution in [-0.4, -0.2) is 17.5 Å². The Morgan fingerprint density at radius 2 is 1.81 bits per heavy atom. The molecule has 0 aliphatic carbocycles. The number of hydrogen-bond donors (Lipinski definition) is 2. The van der Waals surface area contributed by atoms with Crippen molar-refractivity contribution >= 4 is 22.4 Å². The first-order chi connectivity index (χ1) is 9.93. The van der Waals surface area contributed by atoms with Gasteiger partial charge in [-0.3, -0.25) is 4.79 Å². The molecule has 0 saturated carbocycles. The van der Waals surface area contributed by atoms with Crippen molar-refractivity contribution in [3.63, 3.8) is 0 Å². The van der Waals surface area contributed by atoms with Gasteiger partial charge >= 0.3 is 0 Å². The maximum Gasteiger partial charge on any atom is 0.242 e. The summed E-state index contributed by atoms with van der Waals surface area (Å²) in [5.74, 6) is 0.0229. The Bertz CT molecular complexity index is 629. The number of amides is 1. The molecule has 0 spiro atoms. The summed E-state index contributed by atoms with van der Waals surface area (Å²) in [6, 6.07) is 14.0. The van der Waals surface area contributed by atoms with Gasteiger partial charge in [-0.05, 0) is 38.6 Å². The molecule has 21 heavy (non-hydrogen) atoms. The summed E-state index contributed by atoms with van der Waals surface area (Å²) in [5.41, 5.74) is 0.816. The second-order valence-electron chi connectivity index (χ2n) is 6.12. The SMILES string of the molecule is CCC(C)(C)NC(=O)C(C)Nc1cccc2ccccc12. The molecule has 2 N–H and O–H groups in total. The molecule has 2 aromatic rings. The molecule has 0 aliphatic heterocycles. The predicted octanol–water partition coefficient (Wildman–Crippen LogP) is 3.95. The van der Waals surface area contributed by atoms with Gasteiger partial charge in [0.1, 0.15) is 6.04 Å². The number of nitrogens with one attached hydrogen (secondary N) is 2. The topological polar surface area (TPSA) is 41.1 Å². The van der Waals surface area contributed by atoms with Crippen molar-refractivity contribution in [3.05, 3.63) is 42.5 Å². The predicted molar refractivity (Wildman–Crippen MR) is 89.5 cm³/mol. The molecule has 2 rings (SSSR count). The Kier molecular flexibility index (Phi) is 4.51. The third kappa shape index (κ3) is 3.75. The summed E-state index contributed by atoms with van der Waals surface area (Å²) in [7, 11) is 0. The lowest BCUT2D eigenvalue weighted by Gasteiger charge is -2.27. The van der Waals surface area contributed by atoms with Crippen molar-refractivity contribution in [2.75, 3.05) is 5.32 Å². The van der Waals surface area contributed by atoms with Crippen LogP contribution in [0.1, 0.15) is 34.1 Å². The highest BCUT2D eigenvalue weighted by atomic mass is 16.2. The minimum Gasteiger partial charge on any atom is -0.373 e. The van der Waals surface area contributed by atoms with E-state index in [1.165, 1.54) is 5.39 Å². The van der Waals surface area contributed by atoms with E-state index >= 15 is 0 Å². The summed E-state index contributed by atoms with van der Waals surface area (Å²) in [6.45, 7) is 8.04. The molecule has 0 aromatic heterocycles. The van der Waals surface area contributed by atoms with Crippen LogP contribution in [0.25, 0.3) is 10.8 Å². The van der Waals surface area contributed by atoms with Gasteiger partial charge in [0.25, 0.3) is 0 Å². The van der Waals surface area contributed by atoms with E-state index in [4.69, 9.17) is 0 Å². The molecule has 0 saturated heterocycles. The van der Waals surface area contributed by atoms with Gasteiger partial charge in [-0.25, -0.2) is 0 Å². The van der Waals surface area contributed by atoms with Crippen LogP contribution in [0.4, 0.5) is 5.69 Å². The van der Waals surface area contributed by atoms with Crippen LogP contribution in [0.3, 0.4) is 0 Å². The molecule has 3 heteroatoms. The number of anilines is 1. The zero-order chi connectivity index (χ0) is 15.5. The van der Waals surface area contributed by atoms with Crippen LogP contribution in [0.15, 0.2) is 42.5 Å². The van der Waals surface area contributed by atoms with Crippen molar-refractivity contribution in [1.82, 2.24) is 5.32 Å². The molecule has 0 heterocycles. The van der Waals surface area contributed by atoms with E-state index in [0.29, 0.717) is 0 Å². The van der Waals surface area contributed by atoms with E-state index in [-0.39, 0.29) is 17.5 Å². The average Bonchev–Trinajstić information content (AvgIpc) is 2.47. The van der Waals surface area contributed by atoms with Crippen LogP contribution in [0.5, 0.6) is 0 Å². The molecule has 1 unspecified atom stereocenters. The fraction of sp³-hybridized carbons (Fsp3) is 0.389. The molecular weight excluding hydrogens is 260 g/mol. The van der Waals surface area contributed by atoms with Gasteiger partial charge in [-0.2, -0.15) is 0 Å². The number of fused-ring (bicyclic) bond motifs is 1. The monoisotopic (exact) mass is 284 g/mol. The van der Waals surface area contributed by atoms with Gasteiger partial charge in [0.05, 0.1) is 0 Å². The number of carbonyl (C=O) groups excluding carboxylic acids is 1. The van der Waals surface area contributed by atoms with E-state index in [0.717, 1.165) is 17.5 Å². The van der Waals surface area contributed by atoms with Crippen molar-refractivity contribution in [2.24, 2.45) is 0 Å². The van der Waals surface area contributed by atoms with Gasteiger partial charge in [-0.1, -0.05) is 43.3 Å². The number of benzene rings is 2. The Labute approximate surface area is 126 Å². The molecule has 0 bridgehead atoms. The largest absolute Gasteiger partial charge is 0.373 e. The van der Waals surface area contributed by atoms with Gasteiger partial charge in [0, 0.05) is 16.6 Å². The molecule has 0 fully saturated rings. The molecule has 1 amide bonds. The minimum atomic E-state index is -0.276. The van der Waals surface area contributed by atoms with E-state index < -0.39 is 0 Å². The summed E-state index contributed by atoms with van der Waals surface area (Å²) >= 11 is 0. The Morgan fingerprint density at radius 1 is 1.14 bits per heavy atom. The summed E-state index contributed by atoms with van der Waals surface area (Å²) in [4.78, 5) is 12.3. The first-order valence-electron chi connectivity index (χ1n) is 7.49. The Balaban J connectivity index is 2.15. The third-order valence-corrected chi connectivity index (χ3v) is 3.90. The van der Waals surface area contributed by atoms with Crippen LogP contribution >= 0.6 is 0 Å². The van der Waals surface area contributed by atoms with Gasteiger partial charge in [0.15, 0.2) is 0 Å². The summed E-state index contributed by atoms with van der Waals surface area (Å²) < 4.78 is 0. The molecule has 112 valence electrons. The van der Waals surface area contributed by atoms with Gasteiger partial charge in [-0.15, -0.1) is 0 Å². The van der Waals surface area contributed by atoms with Crippen molar-refractivity contribution in [3.8, 4) is 0 Å². The highest BCUT2D eigenvalue weighted by Gasteiger charge is 2.21. The molecule has 3 nitrogen and oxygen atoms in total. The molecule has 2 aromatic carbocycles. The molecule has 1 atom stereocenters. The standard InChI is InChI=1S/C18H24N2O/c1-5-18(3,4)20-17(21)13(2)19-16-12-8-10-14-9-6-7-11-15(14)16/h6-13,19H,5H2,1-4H3,(H,20,21). The lowest BCUT2D eigenvalue weighted by molar-refractivity contribution is -0.123. The van der Waals surface area contributed by atoms with Crippen LogP contribution < -0.4 is 10.6 Å². The number of carbonyl (C=O) groups is 1. The van der Waals surface area contributed by atoms with Crippen molar-refractivity contribution < 1.29 is 4.79 Å². The average molecular weight is 284 g/mol. The molecular formula is C18H24N2O. The van der Waals surface area contributed by atoms with E-state index in [2.05, 4.69) is 35.8 Å². The van der Waals surface area contributed by atoms with Crippen LogP contribution in [0.2, 0.25) is 0 Å². The first-order valence-corrected chi connectivity index (χ1v) is 7.49. The second-order valence-corrected chi connectivity index (χ2v) is 6.12. The number of hydrogen-bond acceptors (Lipinski definition) is 2. The second kappa shape index (κ2) is 6.17. The fourth-order valence-electron chi connectivity index (χ4n) is 2.18. The minimum absolute atomic E-state index is 0.0229. The summed E-state index contributed by atoms with van der Waals surface area (Å²) in [6.07, 6.45) is 0.903. The van der Waals surface area contributed by atoms with E-state index in [9.17, 15) is 4.79 Å². The highest BCUT2D eigenvalue weighted by Crippen LogP contribution is 2.23. The zero-order valence-electron chi connectivity index (χ0n) is 13.2. The first kappa shape index (κ1) is 15.4. The maximum atomic E-state index is 12.3. The smallest absolute Gasteiger partial charge is 0.242 e. The van der Waals surface area contributed by atoms with Crippen LogP contribution in [0, 0.1) is 0 Å². The fourth-order valence-corrected chi connectivity index (χ4v) is 2.18. The van der Waals surface area contributed by atoms with Gasteiger partial charge < -0.3 is 10.6 Å². The Hall–Kier alpha value is -2.03. The normalized spacial score (nSPS) is 13.0. The highest BCUT2D eigenvalue weighted by molar-refractivity contribution is 5.95. The summed E-state index contributed by atoms with van der Waals surface area (Å²) in [5, 5.41) is 8.70. The van der Waals surface area contributed by atoms with Crippen molar-refractivity contribution in [2.45, 2.75) is 45.7 Å². The Morgan fingerprint density at radius 3 is 2.52 bits per heavy atom. The lowest BCUT2D eigenvalue weighted by atomic mass is 10.0. The van der Waals surface area contributed by atoms with E-state index in [1.54, 1.807) is 0 Å². The van der Waals surface area contributed by atoms with Crippen molar-refractivity contribution in [1.29, 1.82) is 0 Å². The van der Waals surface area contributed by atoms with Gasteiger partial charge in [0.2, 0.25) is 5.91 Å². The number of rotatable bonds is 5. The zero-order valence-corrected chi connectivity index (χ0v) is 13.2. The quantitative estimate of drug-likeness (QED) is 0.873. The molecule has 0 radical (unpaired) electrons. The van der Waals surface area contributed by atoms with E-state index in [1.807, 2.05) is 45.0 Å². The van der Waals surface area contributed by atoms with Crippen LogP contribution in [-0.2, 0) is 4.79 Å².